The summed E-state index contributed by atoms with van der Waals surface area (Å²) in [6, 6.07) is 10.2. The number of hydrogen-bond acceptors (Lipinski definition) is 1. The summed E-state index contributed by atoms with van der Waals surface area (Å²) in [6.45, 7) is 0. The fourth-order valence-corrected chi connectivity index (χ4v) is 1.97. The van der Waals surface area contributed by atoms with Crippen LogP contribution >= 0.6 is 27.5 Å². The number of halogens is 3. The van der Waals surface area contributed by atoms with E-state index in [0.717, 1.165) is 0 Å². The van der Waals surface area contributed by atoms with E-state index in [0.29, 0.717) is 26.3 Å². The molecular weight excluding hydrogens is 292 g/mol. The fraction of sp³-hybridized carbons (Fsp3) is 0. The molecule has 0 heterocycles. The Morgan fingerprint density at radius 3 is 2.62 bits per heavy atom. The average molecular weight is 301 g/mol. The second kappa shape index (κ2) is 4.44. The van der Waals surface area contributed by atoms with Crippen LogP contribution in [0.5, 0.6) is 0 Å². The molecular formula is C12H8BrClFN. The molecule has 0 unspecified atom stereocenters. The summed E-state index contributed by atoms with van der Waals surface area (Å²) < 4.78 is 14.2. The Kier molecular flexibility index (Phi) is 3.17. The molecule has 0 aliphatic heterocycles. The van der Waals surface area contributed by atoms with Crippen molar-refractivity contribution in [3.8, 4) is 11.1 Å². The van der Waals surface area contributed by atoms with Crippen LogP contribution in [0.4, 0.5) is 10.1 Å². The summed E-state index contributed by atoms with van der Waals surface area (Å²) in [4.78, 5) is 0. The van der Waals surface area contributed by atoms with Crippen molar-refractivity contribution >= 4 is 33.2 Å². The van der Waals surface area contributed by atoms with Crippen molar-refractivity contribution in [2.75, 3.05) is 5.73 Å². The minimum atomic E-state index is -0.302. The van der Waals surface area contributed by atoms with E-state index in [4.69, 9.17) is 17.3 Å². The molecule has 0 amide bonds. The molecule has 0 spiro atoms. The van der Waals surface area contributed by atoms with Gasteiger partial charge in [-0.3, -0.25) is 0 Å². The summed E-state index contributed by atoms with van der Waals surface area (Å²) in [6.07, 6.45) is 0. The molecule has 0 saturated carbocycles. The van der Waals surface area contributed by atoms with Crippen molar-refractivity contribution in [3.05, 3.63) is 51.7 Å². The van der Waals surface area contributed by atoms with E-state index in [2.05, 4.69) is 15.9 Å². The lowest BCUT2D eigenvalue weighted by molar-refractivity contribution is 0.624. The monoisotopic (exact) mass is 299 g/mol. The van der Waals surface area contributed by atoms with Crippen LogP contribution in [-0.4, -0.2) is 0 Å². The second-order valence-corrected chi connectivity index (χ2v) is 4.60. The normalized spacial score (nSPS) is 10.4. The highest BCUT2D eigenvalue weighted by molar-refractivity contribution is 9.10. The van der Waals surface area contributed by atoms with Gasteiger partial charge in [-0.05, 0) is 39.7 Å². The van der Waals surface area contributed by atoms with Crippen molar-refractivity contribution in [1.82, 2.24) is 0 Å². The molecule has 0 radical (unpaired) electrons. The topological polar surface area (TPSA) is 26.0 Å². The van der Waals surface area contributed by atoms with Crippen LogP contribution in [0.15, 0.2) is 40.9 Å². The molecule has 2 aromatic carbocycles. The Hall–Kier alpha value is -1.06. The van der Waals surface area contributed by atoms with Crippen molar-refractivity contribution in [2.24, 2.45) is 0 Å². The zero-order valence-electron chi connectivity index (χ0n) is 8.18. The highest BCUT2D eigenvalue weighted by Gasteiger charge is 2.09. The minimum absolute atomic E-state index is 0.302. The molecule has 2 N–H and O–H groups in total. The maximum Gasteiger partial charge on any atom is 0.145 e. The predicted molar refractivity (Wildman–Crippen MR) is 69.0 cm³/mol. The van der Waals surface area contributed by atoms with E-state index < -0.39 is 0 Å². The Labute approximate surface area is 106 Å². The number of rotatable bonds is 1. The van der Waals surface area contributed by atoms with Crippen molar-refractivity contribution in [2.45, 2.75) is 0 Å². The van der Waals surface area contributed by atoms with Crippen molar-refractivity contribution < 1.29 is 4.39 Å². The van der Waals surface area contributed by atoms with Gasteiger partial charge in [0.1, 0.15) is 5.82 Å². The molecule has 0 aliphatic carbocycles. The van der Waals surface area contributed by atoms with Gasteiger partial charge in [0.25, 0.3) is 0 Å². The van der Waals surface area contributed by atoms with Crippen LogP contribution in [-0.2, 0) is 0 Å². The van der Waals surface area contributed by atoms with Gasteiger partial charge in [-0.1, -0.05) is 29.8 Å². The lowest BCUT2D eigenvalue weighted by Gasteiger charge is -2.06. The Morgan fingerprint density at radius 1 is 1.19 bits per heavy atom. The molecule has 16 heavy (non-hydrogen) atoms. The lowest BCUT2D eigenvalue weighted by Crippen LogP contribution is -1.89. The van der Waals surface area contributed by atoms with E-state index in [-0.39, 0.29) is 5.82 Å². The third-order valence-corrected chi connectivity index (χ3v) is 3.20. The Morgan fingerprint density at radius 2 is 1.94 bits per heavy atom. The first kappa shape index (κ1) is 11.4. The van der Waals surface area contributed by atoms with Crippen LogP contribution in [0.1, 0.15) is 0 Å². The standard InChI is InChI=1S/C12H8BrClFN/c13-9-3-1-2-8(12(9)15)7-4-5-11(16)10(14)6-7/h1-6H,16H2. The summed E-state index contributed by atoms with van der Waals surface area (Å²) >= 11 is 9.04. The number of anilines is 1. The molecule has 0 aromatic heterocycles. The zero-order valence-corrected chi connectivity index (χ0v) is 10.5. The smallest absolute Gasteiger partial charge is 0.145 e. The average Bonchev–Trinajstić information content (AvgIpc) is 2.26. The van der Waals surface area contributed by atoms with Crippen LogP contribution in [0, 0.1) is 5.82 Å². The third-order valence-electron chi connectivity index (χ3n) is 2.26. The lowest BCUT2D eigenvalue weighted by atomic mass is 10.0. The maximum absolute atomic E-state index is 13.8. The predicted octanol–water partition coefficient (Wildman–Crippen LogP) is 4.49. The van der Waals surface area contributed by atoms with Gasteiger partial charge < -0.3 is 5.73 Å². The van der Waals surface area contributed by atoms with E-state index in [9.17, 15) is 4.39 Å². The SMILES string of the molecule is Nc1ccc(-c2cccc(Br)c2F)cc1Cl. The largest absolute Gasteiger partial charge is 0.398 e. The van der Waals surface area contributed by atoms with Gasteiger partial charge in [0.2, 0.25) is 0 Å². The summed E-state index contributed by atoms with van der Waals surface area (Å²) in [5, 5.41) is 0.428. The van der Waals surface area contributed by atoms with Gasteiger partial charge in [0.05, 0.1) is 15.2 Å². The van der Waals surface area contributed by atoms with Gasteiger partial charge in [-0.2, -0.15) is 0 Å². The highest BCUT2D eigenvalue weighted by atomic mass is 79.9. The van der Waals surface area contributed by atoms with Crippen LogP contribution in [0.3, 0.4) is 0 Å². The Bertz CT molecular complexity index is 543. The molecule has 0 bridgehead atoms. The number of benzene rings is 2. The molecule has 0 aliphatic rings. The van der Waals surface area contributed by atoms with Crippen molar-refractivity contribution in [1.29, 1.82) is 0 Å². The van der Waals surface area contributed by atoms with E-state index in [1.165, 1.54) is 0 Å². The van der Waals surface area contributed by atoms with Crippen LogP contribution < -0.4 is 5.73 Å². The van der Waals surface area contributed by atoms with Crippen LogP contribution in [0.2, 0.25) is 5.02 Å². The molecule has 2 aromatic rings. The number of hydrogen-bond donors (Lipinski definition) is 1. The van der Waals surface area contributed by atoms with Gasteiger partial charge >= 0.3 is 0 Å². The van der Waals surface area contributed by atoms with Crippen LogP contribution in [0.25, 0.3) is 11.1 Å². The first-order valence-corrected chi connectivity index (χ1v) is 5.76. The van der Waals surface area contributed by atoms with Gasteiger partial charge in [0, 0.05) is 5.56 Å². The molecule has 4 heteroatoms. The molecule has 0 fully saturated rings. The fourth-order valence-electron chi connectivity index (χ4n) is 1.42. The highest BCUT2D eigenvalue weighted by Crippen LogP contribution is 2.31. The number of nitrogen functional groups attached to an aromatic ring is 1. The van der Waals surface area contributed by atoms with E-state index >= 15 is 0 Å². The van der Waals surface area contributed by atoms with E-state index in [1.807, 2.05) is 0 Å². The summed E-state index contributed by atoms with van der Waals surface area (Å²) in [5.74, 6) is -0.302. The minimum Gasteiger partial charge on any atom is -0.398 e. The maximum atomic E-state index is 13.8. The molecule has 0 atom stereocenters. The first-order chi connectivity index (χ1) is 7.59. The van der Waals surface area contributed by atoms with E-state index in [1.54, 1.807) is 36.4 Å². The Balaban J connectivity index is 2.59. The zero-order chi connectivity index (χ0) is 11.7. The first-order valence-electron chi connectivity index (χ1n) is 4.59. The molecule has 1 nitrogen and oxygen atoms in total. The molecule has 2 rings (SSSR count). The van der Waals surface area contributed by atoms with Gasteiger partial charge in [-0.15, -0.1) is 0 Å². The molecule has 0 saturated heterocycles. The molecule has 82 valence electrons. The quantitative estimate of drug-likeness (QED) is 0.772. The van der Waals surface area contributed by atoms with Crippen molar-refractivity contribution in [3.63, 3.8) is 0 Å². The summed E-state index contributed by atoms with van der Waals surface area (Å²) in [7, 11) is 0. The second-order valence-electron chi connectivity index (χ2n) is 3.34. The van der Waals surface area contributed by atoms with Gasteiger partial charge in [0.15, 0.2) is 0 Å². The summed E-state index contributed by atoms with van der Waals surface area (Å²) in [5.41, 5.74) is 7.29. The third kappa shape index (κ3) is 2.06. The number of nitrogens with two attached hydrogens (primary N) is 1. The van der Waals surface area contributed by atoms with Gasteiger partial charge in [-0.25, -0.2) is 4.39 Å².